The molecule has 0 atom stereocenters. The molecule has 0 saturated carbocycles. The zero-order chi connectivity index (χ0) is 18.7. The summed E-state index contributed by atoms with van der Waals surface area (Å²) in [4.78, 5) is 23.9. The van der Waals surface area contributed by atoms with Crippen LogP contribution in [0.4, 0.5) is 0 Å². The second-order valence-corrected chi connectivity index (χ2v) is 6.31. The van der Waals surface area contributed by atoms with E-state index in [4.69, 9.17) is 13.9 Å². The summed E-state index contributed by atoms with van der Waals surface area (Å²) in [5.41, 5.74) is 0.0595. The van der Waals surface area contributed by atoms with E-state index in [-0.39, 0.29) is 17.8 Å². The molecule has 2 aromatic carbocycles. The van der Waals surface area contributed by atoms with E-state index >= 15 is 0 Å². The quantitative estimate of drug-likeness (QED) is 0.577. The summed E-state index contributed by atoms with van der Waals surface area (Å²) in [5, 5.41) is 0.355. The van der Waals surface area contributed by atoms with E-state index in [0.717, 1.165) is 4.47 Å². The first kappa shape index (κ1) is 18.0. The number of carbonyl (C=O) groups excluding carboxylic acids is 1. The SMILES string of the molecule is COC(=O)COc1ccc2c(=O)c(Oc3ccc(Br)cc3)c(C)oc2c1. The largest absolute Gasteiger partial charge is 0.482 e. The molecule has 0 fully saturated rings. The van der Waals surface area contributed by atoms with Gasteiger partial charge in [0.25, 0.3) is 0 Å². The third kappa shape index (κ3) is 3.88. The summed E-state index contributed by atoms with van der Waals surface area (Å²) in [6.07, 6.45) is 0. The van der Waals surface area contributed by atoms with Gasteiger partial charge in [0.1, 0.15) is 22.8 Å². The van der Waals surface area contributed by atoms with Crippen LogP contribution >= 0.6 is 15.9 Å². The number of hydrogen-bond donors (Lipinski definition) is 0. The molecule has 0 saturated heterocycles. The summed E-state index contributed by atoms with van der Waals surface area (Å²) in [5.74, 6) is 0.896. The third-order valence-corrected chi connectivity index (χ3v) is 4.13. The van der Waals surface area contributed by atoms with Crippen LogP contribution in [0.1, 0.15) is 5.76 Å². The molecule has 0 unspecified atom stereocenters. The van der Waals surface area contributed by atoms with Gasteiger partial charge in [-0.2, -0.15) is 0 Å². The minimum Gasteiger partial charge on any atom is -0.482 e. The van der Waals surface area contributed by atoms with E-state index in [1.807, 2.05) is 12.1 Å². The molecule has 0 radical (unpaired) electrons. The minimum atomic E-state index is -0.499. The van der Waals surface area contributed by atoms with Crippen molar-refractivity contribution in [1.29, 1.82) is 0 Å². The van der Waals surface area contributed by atoms with Crippen LogP contribution in [0, 0.1) is 6.92 Å². The van der Waals surface area contributed by atoms with Gasteiger partial charge in [-0.25, -0.2) is 4.79 Å². The number of carbonyl (C=O) groups is 1. The number of ether oxygens (including phenoxy) is 3. The van der Waals surface area contributed by atoms with Crippen LogP contribution in [-0.4, -0.2) is 19.7 Å². The van der Waals surface area contributed by atoms with Crippen molar-refractivity contribution in [2.24, 2.45) is 0 Å². The maximum absolute atomic E-state index is 12.7. The molecule has 1 heterocycles. The molecule has 0 spiro atoms. The number of benzene rings is 2. The molecular weight excluding hydrogens is 404 g/mol. The first-order valence-corrected chi connectivity index (χ1v) is 8.47. The molecule has 0 aliphatic carbocycles. The van der Waals surface area contributed by atoms with Gasteiger partial charge < -0.3 is 18.6 Å². The van der Waals surface area contributed by atoms with Crippen LogP contribution < -0.4 is 14.9 Å². The Hall–Kier alpha value is -2.80. The predicted octanol–water partition coefficient (Wildman–Crippen LogP) is 4.21. The Labute approximate surface area is 157 Å². The predicted molar refractivity (Wildman–Crippen MR) is 98.9 cm³/mol. The molecule has 6 nitrogen and oxygen atoms in total. The molecule has 1 aromatic heterocycles. The Bertz CT molecular complexity index is 1010. The molecule has 134 valence electrons. The lowest BCUT2D eigenvalue weighted by Gasteiger charge is -2.10. The third-order valence-electron chi connectivity index (χ3n) is 3.60. The minimum absolute atomic E-state index is 0.128. The molecular formula is C19H15BrO6. The smallest absolute Gasteiger partial charge is 0.343 e. The van der Waals surface area contributed by atoms with E-state index in [9.17, 15) is 9.59 Å². The van der Waals surface area contributed by atoms with Crippen LogP contribution in [0.5, 0.6) is 17.2 Å². The standard InChI is InChI=1S/C19H15BrO6/c1-11-19(26-13-5-3-12(20)4-6-13)18(22)15-8-7-14(9-16(15)25-11)24-10-17(21)23-2/h3-9H,10H2,1-2H3. The zero-order valence-corrected chi connectivity index (χ0v) is 15.7. The summed E-state index contributed by atoms with van der Waals surface area (Å²) in [6.45, 7) is 1.42. The van der Waals surface area contributed by atoms with Gasteiger partial charge >= 0.3 is 5.97 Å². The van der Waals surface area contributed by atoms with E-state index < -0.39 is 5.97 Å². The second kappa shape index (κ2) is 7.61. The van der Waals surface area contributed by atoms with Crippen molar-refractivity contribution in [3.8, 4) is 17.2 Å². The maximum Gasteiger partial charge on any atom is 0.343 e. The van der Waals surface area contributed by atoms with Crippen LogP contribution in [0.15, 0.2) is 56.1 Å². The van der Waals surface area contributed by atoms with E-state index in [2.05, 4.69) is 20.7 Å². The molecule has 3 rings (SSSR count). The zero-order valence-electron chi connectivity index (χ0n) is 14.1. The first-order valence-electron chi connectivity index (χ1n) is 7.68. The first-order chi connectivity index (χ1) is 12.5. The van der Waals surface area contributed by atoms with E-state index in [1.165, 1.54) is 7.11 Å². The molecule has 26 heavy (non-hydrogen) atoms. The molecule has 3 aromatic rings. The number of aryl methyl sites for hydroxylation is 1. The fourth-order valence-electron chi connectivity index (χ4n) is 2.30. The van der Waals surface area contributed by atoms with Crippen molar-refractivity contribution in [3.05, 3.63) is 62.9 Å². The van der Waals surface area contributed by atoms with Crippen molar-refractivity contribution in [2.45, 2.75) is 6.92 Å². The highest BCUT2D eigenvalue weighted by Gasteiger charge is 2.15. The number of fused-ring (bicyclic) bond motifs is 1. The van der Waals surface area contributed by atoms with E-state index in [1.54, 1.807) is 37.3 Å². The van der Waals surface area contributed by atoms with Gasteiger partial charge in [0.05, 0.1) is 12.5 Å². The van der Waals surface area contributed by atoms with Gasteiger partial charge in [0, 0.05) is 10.5 Å². The summed E-state index contributed by atoms with van der Waals surface area (Å²) < 4.78 is 22.2. The van der Waals surface area contributed by atoms with Crippen molar-refractivity contribution in [3.63, 3.8) is 0 Å². The molecule has 7 heteroatoms. The average molecular weight is 419 g/mol. The Kier molecular flexibility index (Phi) is 5.27. The van der Waals surface area contributed by atoms with Gasteiger partial charge in [-0.15, -0.1) is 0 Å². The Balaban J connectivity index is 1.93. The summed E-state index contributed by atoms with van der Waals surface area (Å²) in [7, 11) is 1.28. The highest BCUT2D eigenvalue weighted by Crippen LogP contribution is 2.28. The van der Waals surface area contributed by atoms with Gasteiger partial charge in [-0.3, -0.25) is 4.79 Å². The van der Waals surface area contributed by atoms with Crippen molar-refractivity contribution < 1.29 is 23.4 Å². The average Bonchev–Trinajstić information content (AvgIpc) is 2.64. The fraction of sp³-hybridized carbons (Fsp3) is 0.158. The highest BCUT2D eigenvalue weighted by atomic mass is 79.9. The number of hydrogen-bond acceptors (Lipinski definition) is 6. The lowest BCUT2D eigenvalue weighted by atomic mass is 10.2. The van der Waals surface area contributed by atoms with Crippen LogP contribution in [0.3, 0.4) is 0 Å². The Morgan fingerprint density at radius 1 is 1.12 bits per heavy atom. The van der Waals surface area contributed by atoms with Gasteiger partial charge in [0.15, 0.2) is 6.61 Å². The summed E-state index contributed by atoms with van der Waals surface area (Å²) >= 11 is 3.35. The van der Waals surface area contributed by atoms with E-state index in [0.29, 0.717) is 28.2 Å². The van der Waals surface area contributed by atoms with Gasteiger partial charge in [-0.05, 0) is 43.3 Å². The fourth-order valence-corrected chi connectivity index (χ4v) is 2.56. The van der Waals surface area contributed by atoms with Crippen LogP contribution in [0.2, 0.25) is 0 Å². The molecule has 0 N–H and O–H groups in total. The van der Waals surface area contributed by atoms with Crippen LogP contribution in [0.25, 0.3) is 11.0 Å². The lowest BCUT2D eigenvalue weighted by molar-refractivity contribution is -0.142. The summed E-state index contributed by atoms with van der Waals surface area (Å²) in [6, 6.07) is 11.8. The molecule has 0 bridgehead atoms. The van der Waals surface area contributed by atoms with Crippen molar-refractivity contribution in [2.75, 3.05) is 13.7 Å². The Morgan fingerprint density at radius 2 is 1.81 bits per heavy atom. The van der Waals surface area contributed by atoms with Crippen molar-refractivity contribution >= 4 is 32.9 Å². The highest BCUT2D eigenvalue weighted by molar-refractivity contribution is 9.10. The molecule has 0 amide bonds. The number of esters is 1. The maximum atomic E-state index is 12.7. The lowest BCUT2D eigenvalue weighted by Crippen LogP contribution is -2.12. The monoisotopic (exact) mass is 418 g/mol. The van der Waals surface area contributed by atoms with Crippen molar-refractivity contribution in [1.82, 2.24) is 0 Å². The Morgan fingerprint density at radius 3 is 2.50 bits per heavy atom. The molecule has 0 aliphatic rings. The number of methoxy groups -OCH3 is 1. The molecule has 0 aliphatic heterocycles. The number of rotatable bonds is 5. The van der Waals surface area contributed by atoms with Crippen LogP contribution in [-0.2, 0) is 9.53 Å². The number of halogens is 1. The van der Waals surface area contributed by atoms with Gasteiger partial charge in [0.2, 0.25) is 11.2 Å². The second-order valence-electron chi connectivity index (χ2n) is 5.40. The normalized spacial score (nSPS) is 10.6. The topological polar surface area (TPSA) is 75.0 Å². The van der Waals surface area contributed by atoms with Gasteiger partial charge in [-0.1, -0.05) is 15.9 Å².